The molecule has 0 fully saturated rings. The van der Waals surface area contributed by atoms with E-state index in [-0.39, 0.29) is 5.78 Å². The van der Waals surface area contributed by atoms with Gasteiger partial charge in [-0.3, -0.25) is 4.79 Å². The van der Waals surface area contributed by atoms with Crippen LogP contribution in [0.5, 0.6) is 5.75 Å². The summed E-state index contributed by atoms with van der Waals surface area (Å²) in [7, 11) is 1.57. The Kier molecular flexibility index (Phi) is 6.25. The van der Waals surface area contributed by atoms with E-state index in [1.54, 1.807) is 7.11 Å². The summed E-state index contributed by atoms with van der Waals surface area (Å²) in [4.78, 5) is 12.5. The van der Waals surface area contributed by atoms with Gasteiger partial charge in [-0.05, 0) is 24.6 Å². The summed E-state index contributed by atoms with van der Waals surface area (Å²) in [6.45, 7) is 2.65. The van der Waals surface area contributed by atoms with E-state index in [1.165, 1.54) is 28.7 Å². The Balaban J connectivity index is 1.56. The van der Waals surface area contributed by atoms with Gasteiger partial charge in [0.1, 0.15) is 5.75 Å². The Morgan fingerprint density at radius 1 is 1.19 bits per heavy atom. The molecule has 3 rings (SSSR count). The predicted molar refractivity (Wildman–Crippen MR) is 106 cm³/mol. The van der Waals surface area contributed by atoms with Crippen molar-refractivity contribution in [3.8, 4) is 5.75 Å². The molecule has 0 amide bonds. The maximum Gasteiger partial charge on any atom is 0.206 e. The predicted octanol–water partition coefficient (Wildman–Crippen LogP) is 4.44. The summed E-state index contributed by atoms with van der Waals surface area (Å²) in [6.07, 6.45) is 0. The van der Waals surface area contributed by atoms with Crippen LogP contribution in [0.2, 0.25) is 0 Å². The van der Waals surface area contributed by atoms with E-state index in [1.807, 2.05) is 43.3 Å². The lowest BCUT2D eigenvalue weighted by Gasteiger charge is -2.07. The van der Waals surface area contributed by atoms with Crippen LogP contribution in [0.1, 0.15) is 21.5 Å². The van der Waals surface area contributed by atoms with Gasteiger partial charge in [0.25, 0.3) is 0 Å². The number of benzene rings is 2. The third-order valence-electron chi connectivity index (χ3n) is 3.68. The number of ether oxygens (including phenoxy) is 1. The first-order chi connectivity index (χ1) is 12.7. The van der Waals surface area contributed by atoms with Crippen LogP contribution in [-0.2, 0) is 6.54 Å². The molecule has 26 heavy (non-hydrogen) atoms. The van der Waals surface area contributed by atoms with E-state index in [0.29, 0.717) is 23.6 Å². The molecule has 0 unspecified atom stereocenters. The largest absolute Gasteiger partial charge is 0.496 e. The number of hydrogen-bond donors (Lipinski definition) is 1. The molecule has 0 saturated heterocycles. The van der Waals surface area contributed by atoms with Gasteiger partial charge < -0.3 is 10.1 Å². The first kappa shape index (κ1) is 18.4. The number of thioether (sulfide) groups is 1. The van der Waals surface area contributed by atoms with Crippen molar-refractivity contribution in [2.75, 3.05) is 18.2 Å². The fraction of sp³-hybridized carbons (Fsp3) is 0.211. The summed E-state index contributed by atoms with van der Waals surface area (Å²) in [5.74, 6) is 0.917. The average molecular weight is 386 g/mol. The molecule has 7 heteroatoms. The molecule has 3 aromatic rings. The van der Waals surface area contributed by atoms with Crippen LogP contribution < -0.4 is 10.1 Å². The van der Waals surface area contributed by atoms with Gasteiger partial charge in [0.2, 0.25) is 5.13 Å². The minimum atomic E-state index is 0.0181. The molecule has 0 bridgehead atoms. The van der Waals surface area contributed by atoms with Crippen molar-refractivity contribution in [2.24, 2.45) is 0 Å². The van der Waals surface area contributed by atoms with Crippen molar-refractivity contribution in [1.82, 2.24) is 10.2 Å². The number of carbonyl (C=O) groups excluding carboxylic acids is 1. The van der Waals surface area contributed by atoms with Gasteiger partial charge in [0.05, 0.1) is 18.4 Å². The maximum atomic E-state index is 12.5. The third-order valence-corrected chi connectivity index (χ3v) is 5.69. The van der Waals surface area contributed by atoms with Gasteiger partial charge in [-0.25, -0.2) is 0 Å². The van der Waals surface area contributed by atoms with Gasteiger partial charge in [-0.15, -0.1) is 10.2 Å². The molecule has 1 N–H and O–H groups in total. The van der Waals surface area contributed by atoms with Gasteiger partial charge in [-0.2, -0.15) is 0 Å². The number of methoxy groups -OCH3 is 1. The van der Waals surface area contributed by atoms with Crippen molar-refractivity contribution in [3.63, 3.8) is 0 Å². The highest BCUT2D eigenvalue weighted by atomic mass is 32.2. The Bertz CT molecular complexity index is 882. The second-order valence-corrected chi connectivity index (χ2v) is 7.83. The monoisotopic (exact) mass is 385 g/mol. The van der Waals surface area contributed by atoms with Gasteiger partial charge >= 0.3 is 0 Å². The highest BCUT2D eigenvalue weighted by Crippen LogP contribution is 2.28. The molecule has 0 atom stereocenters. The molecule has 2 aromatic carbocycles. The first-order valence-corrected chi connectivity index (χ1v) is 9.88. The fourth-order valence-electron chi connectivity index (χ4n) is 2.36. The highest BCUT2D eigenvalue weighted by molar-refractivity contribution is 8.01. The highest BCUT2D eigenvalue weighted by Gasteiger charge is 2.14. The number of rotatable bonds is 8. The van der Waals surface area contributed by atoms with Gasteiger partial charge in [-0.1, -0.05) is 65.1 Å². The molecular formula is C19H19N3O2S2. The van der Waals surface area contributed by atoms with Crippen LogP contribution in [0.15, 0.2) is 52.9 Å². The molecule has 0 aliphatic rings. The quantitative estimate of drug-likeness (QED) is 0.457. The Labute approximate surface area is 160 Å². The smallest absolute Gasteiger partial charge is 0.206 e. The van der Waals surface area contributed by atoms with Crippen molar-refractivity contribution in [2.45, 2.75) is 17.8 Å². The van der Waals surface area contributed by atoms with E-state index in [9.17, 15) is 4.79 Å². The number of aryl methyl sites for hydroxylation is 1. The van der Waals surface area contributed by atoms with Gasteiger partial charge in [0, 0.05) is 6.54 Å². The maximum absolute atomic E-state index is 12.5. The van der Waals surface area contributed by atoms with Crippen molar-refractivity contribution < 1.29 is 9.53 Å². The fourth-order valence-corrected chi connectivity index (χ4v) is 3.99. The first-order valence-electron chi connectivity index (χ1n) is 8.07. The summed E-state index contributed by atoms with van der Waals surface area (Å²) < 4.78 is 6.05. The van der Waals surface area contributed by atoms with Crippen LogP contribution in [0.25, 0.3) is 0 Å². The van der Waals surface area contributed by atoms with Crippen LogP contribution in [0.4, 0.5) is 5.13 Å². The van der Waals surface area contributed by atoms with E-state index in [4.69, 9.17) is 4.74 Å². The molecule has 0 aliphatic carbocycles. The molecular weight excluding hydrogens is 366 g/mol. The van der Waals surface area contributed by atoms with Crippen LogP contribution in [0.3, 0.4) is 0 Å². The second-order valence-electron chi connectivity index (χ2n) is 5.63. The van der Waals surface area contributed by atoms with Crippen LogP contribution in [0, 0.1) is 6.92 Å². The Hall–Kier alpha value is -2.38. The van der Waals surface area contributed by atoms with E-state index >= 15 is 0 Å². The number of anilines is 1. The summed E-state index contributed by atoms with van der Waals surface area (Å²) in [5.41, 5.74) is 2.81. The Morgan fingerprint density at radius 2 is 2.00 bits per heavy atom. The van der Waals surface area contributed by atoms with Crippen LogP contribution >= 0.6 is 23.1 Å². The normalized spacial score (nSPS) is 10.5. The van der Waals surface area contributed by atoms with Gasteiger partial charge in [0.15, 0.2) is 10.1 Å². The zero-order valence-corrected chi connectivity index (χ0v) is 16.2. The molecule has 134 valence electrons. The standard InChI is InChI=1S/C19H19N3O2S2/c1-13-8-9-17(24-2)15(10-13)16(23)12-25-19-22-21-18(26-19)20-11-14-6-4-3-5-7-14/h3-10H,11-12H2,1-2H3,(H,20,21). The number of aromatic nitrogens is 2. The van der Waals surface area contributed by atoms with Crippen molar-refractivity contribution in [3.05, 3.63) is 65.2 Å². The SMILES string of the molecule is COc1ccc(C)cc1C(=O)CSc1nnc(NCc2ccccc2)s1. The number of nitrogens with one attached hydrogen (secondary N) is 1. The van der Waals surface area contributed by atoms with Crippen LogP contribution in [-0.4, -0.2) is 28.8 Å². The summed E-state index contributed by atoms with van der Waals surface area (Å²) in [6, 6.07) is 15.7. The minimum absolute atomic E-state index is 0.0181. The lowest BCUT2D eigenvalue weighted by Crippen LogP contribution is -2.05. The number of carbonyl (C=O) groups is 1. The molecule has 5 nitrogen and oxygen atoms in total. The lowest BCUT2D eigenvalue weighted by molar-refractivity contribution is 0.101. The Morgan fingerprint density at radius 3 is 2.77 bits per heavy atom. The number of hydrogen-bond acceptors (Lipinski definition) is 7. The zero-order valence-electron chi connectivity index (χ0n) is 14.6. The van der Waals surface area contributed by atoms with E-state index < -0.39 is 0 Å². The molecule has 0 aliphatic heterocycles. The summed E-state index contributed by atoms with van der Waals surface area (Å²) in [5, 5.41) is 12.3. The molecule has 0 spiro atoms. The zero-order chi connectivity index (χ0) is 18.4. The van der Waals surface area contributed by atoms with Crippen molar-refractivity contribution >= 4 is 34.0 Å². The third kappa shape index (κ3) is 4.83. The summed E-state index contributed by atoms with van der Waals surface area (Å²) >= 11 is 2.84. The molecule has 0 radical (unpaired) electrons. The van der Waals surface area contributed by atoms with Crippen molar-refractivity contribution in [1.29, 1.82) is 0 Å². The number of ketones is 1. The number of nitrogens with zero attached hydrogens (tertiary/aromatic N) is 2. The van der Waals surface area contributed by atoms with E-state index in [0.717, 1.165) is 15.0 Å². The van der Waals surface area contributed by atoms with E-state index in [2.05, 4.69) is 27.6 Å². The molecule has 1 aromatic heterocycles. The average Bonchev–Trinajstić information content (AvgIpc) is 3.13. The molecule has 0 saturated carbocycles. The lowest BCUT2D eigenvalue weighted by atomic mass is 10.1. The topological polar surface area (TPSA) is 64.1 Å². The number of Topliss-reactive ketones (excluding diaryl/α,β-unsaturated/α-hetero) is 1. The molecule has 1 heterocycles. The minimum Gasteiger partial charge on any atom is -0.496 e. The second kappa shape index (κ2) is 8.82.